The van der Waals surface area contributed by atoms with Gasteiger partial charge >= 0.3 is 0 Å². The van der Waals surface area contributed by atoms with E-state index in [2.05, 4.69) is 66.6 Å². The van der Waals surface area contributed by atoms with Crippen molar-refractivity contribution < 1.29 is 4.74 Å². The van der Waals surface area contributed by atoms with Gasteiger partial charge in [-0.15, -0.1) is 24.0 Å². The lowest BCUT2D eigenvalue weighted by molar-refractivity contribution is 0.167. The van der Waals surface area contributed by atoms with Gasteiger partial charge in [0.25, 0.3) is 0 Å². The summed E-state index contributed by atoms with van der Waals surface area (Å²) in [5.41, 5.74) is 1.21. The summed E-state index contributed by atoms with van der Waals surface area (Å²) in [6.07, 6.45) is 2.33. The topological polar surface area (TPSA) is 48.9 Å². The Balaban J connectivity index is 0.00000300. The van der Waals surface area contributed by atoms with Crippen molar-refractivity contribution in [2.24, 2.45) is 4.99 Å². The van der Waals surface area contributed by atoms with Gasteiger partial charge in [-0.3, -0.25) is 0 Å². The molecule has 1 heterocycles. The number of nitrogens with zero attached hydrogens (tertiary/aromatic N) is 2. The summed E-state index contributed by atoms with van der Waals surface area (Å²) >= 11 is 0. The minimum atomic E-state index is 0. The van der Waals surface area contributed by atoms with Crippen LogP contribution in [0.3, 0.4) is 0 Å². The number of ether oxygens (including phenoxy) is 1. The number of rotatable bonds is 6. The number of methoxy groups -OCH3 is 1. The maximum absolute atomic E-state index is 5.31. The average molecular weight is 510 g/mol. The molecule has 2 aromatic rings. The number of hydrogen-bond acceptors (Lipinski definition) is 3. The molecule has 1 saturated heterocycles. The van der Waals surface area contributed by atoms with Crippen LogP contribution in [0.1, 0.15) is 39.2 Å². The van der Waals surface area contributed by atoms with Crippen molar-refractivity contribution in [3.05, 3.63) is 42.0 Å². The Morgan fingerprint density at radius 1 is 1.14 bits per heavy atom. The summed E-state index contributed by atoms with van der Waals surface area (Å²) in [6, 6.07) is 13.8. The van der Waals surface area contributed by atoms with Crippen LogP contribution in [0.2, 0.25) is 0 Å². The Kier molecular flexibility index (Phi) is 9.49. The van der Waals surface area contributed by atoms with Gasteiger partial charge in [-0.1, -0.05) is 18.2 Å². The Hall–Kier alpha value is -1.54. The molecule has 0 saturated carbocycles. The molecular weight excluding hydrogens is 475 g/mol. The Morgan fingerprint density at radius 3 is 2.48 bits per heavy atom. The molecule has 0 bridgehead atoms. The van der Waals surface area contributed by atoms with Crippen LogP contribution in [-0.4, -0.2) is 49.7 Å². The van der Waals surface area contributed by atoms with Gasteiger partial charge in [-0.25, -0.2) is 4.99 Å². The van der Waals surface area contributed by atoms with Crippen LogP contribution in [0.25, 0.3) is 10.8 Å². The van der Waals surface area contributed by atoms with E-state index in [1.807, 2.05) is 6.07 Å². The fraction of sp³-hybridized carbons (Fsp3) is 0.522. The van der Waals surface area contributed by atoms with E-state index in [4.69, 9.17) is 9.73 Å². The summed E-state index contributed by atoms with van der Waals surface area (Å²) in [5, 5.41) is 9.43. The van der Waals surface area contributed by atoms with Crippen molar-refractivity contribution >= 4 is 40.7 Å². The second-order valence-corrected chi connectivity index (χ2v) is 7.79. The van der Waals surface area contributed by atoms with Gasteiger partial charge in [0.05, 0.1) is 13.7 Å². The van der Waals surface area contributed by atoms with E-state index in [1.165, 1.54) is 29.2 Å². The first-order valence-electron chi connectivity index (χ1n) is 10.4. The van der Waals surface area contributed by atoms with E-state index in [9.17, 15) is 0 Å². The summed E-state index contributed by atoms with van der Waals surface area (Å²) in [6.45, 7) is 10.5. The van der Waals surface area contributed by atoms with Crippen molar-refractivity contribution in [1.29, 1.82) is 0 Å². The fourth-order valence-corrected chi connectivity index (χ4v) is 3.74. The van der Waals surface area contributed by atoms with Crippen molar-refractivity contribution in [2.45, 2.75) is 52.2 Å². The third-order valence-electron chi connectivity index (χ3n) is 5.48. The second kappa shape index (κ2) is 11.6. The molecule has 0 atom stereocenters. The lowest BCUT2D eigenvalue weighted by atomic mass is 10.0. The number of guanidine groups is 1. The number of aliphatic imine (C=N–C) groups is 1. The Bertz CT molecular complexity index is 801. The molecule has 0 radical (unpaired) electrons. The van der Waals surface area contributed by atoms with E-state index < -0.39 is 0 Å². The van der Waals surface area contributed by atoms with Crippen molar-refractivity contribution in [3.8, 4) is 5.75 Å². The largest absolute Gasteiger partial charge is 0.497 e. The molecule has 0 spiro atoms. The zero-order chi connectivity index (χ0) is 19.9. The molecule has 1 aliphatic rings. The molecule has 6 heteroatoms. The summed E-state index contributed by atoms with van der Waals surface area (Å²) < 4.78 is 5.31. The lowest BCUT2D eigenvalue weighted by Gasteiger charge is -2.35. The van der Waals surface area contributed by atoms with E-state index in [-0.39, 0.29) is 24.0 Å². The lowest BCUT2D eigenvalue weighted by Crippen LogP contribution is -2.49. The zero-order valence-electron chi connectivity index (χ0n) is 18.1. The molecule has 5 nitrogen and oxygen atoms in total. The van der Waals surface area contributed by atoms with Gasteiger partial charge < -0.3 is 20.3 Å². The smallest absolute Gasteiger partial charge is 0.191 e. The number of piperidine rings is 1. The van der Waals surface area contributed by atoms with Gasteiger partial charge in [0.2, 0.25) is 0 Å². The highest BCUT2D eigenvalue weighted by Gasteiger charge is 2.21. The number of halogens is 1. The number of nitrogens with one attached hydrogen (secondary N) is 2. The quantitative estimate of drug-likeness (QED) is 0.344. The molecule has 0 amide bonds. The van der Waals surface area contributed by atoms with Gasteiger partial charge in [0, 0.05) is 31.7 Å². The minimum Gasteiger partial charge on any atom is -0.497 e. The highest BCUT2D eigenvalue weighted by molar-refractivity contribution is 14.0. The van der Waals surface area contributed by atoms with Crippen LogP contribution in [-0.2, 0) is 6.54 Å². The molecule has 2 N–H and O–H groups in total. The van der Waals surface area contributed by atoms with E-state index >= 15 is 0 Å². The molecule has 160 valence electrons. The van der Waals surface area contributed by atoms with E-state index in [0.29, 0.717) is 18.6 Å². The monoisotopic (exact) mass is 510 g/mol. The first kappa shape index (κ1) is 23.7. The second-order valence-electron chi connectivity index (χ2n) is 7.79. The van der Waals surface area contributed by atoms with Crippen molar-refractivity contribution in [2.75, 3.05) is 26.7 Å². The highest BCUT2D eigenvalue weighted by atomic mass is 127. The van der Waals surface area contributed by atoms with Gasteiger partial charge in [0.15, 0.2) is 5.96 Å². The van der Waals surface area contributed by atoms with Crippen LogP contribution in [0.15, 0.2) is 41.4 Å². The fourth-order valence-electron chi connectivity index (χ4n) is 3.74. The molecule has 1 aliphatic heterocycles. The Labute approximate surface area is 192 Å². The standard InChI is InChI=1S/C23H34N4O.HI/c1-5-24-23(26-21-10-12-27(13-11-21)17(2)3)25-16-18-6-7-20-15-22(28-4)9-8-19(20)14-18;/h6-9,14-15,17,21H,5,10-13,16H2,1-4H3,(H2,24,25,26);1H. The van der Waals surface area contributed by atoms with Crippen LogP contribution in [0.5, 0.6) is 5.75 Å². The van der Waals surface area contributed by atoms with E-state index in [1.54, 1.807) is 7.11 Å². The minimum absolute atomic E-state index is 0. The summed E-state index contributed by atoms with van der Waals surface area (Å²) in [5.74, 6) is 1.81. The SMILES string of the molecule is CCNC(=NCc1ccc2cc(OC)ccc2c1)NC1CCN(C(C)C)CC1.I. The molecule has 2 aromatic carbocycles. The normalized spacial score (nSPS) is 16.0. The van der Waals surface area contributed by atoms with Crippen molar-refractivity contribution in [3.63, 3.8) is 0 Å². The Morgan fingerprint density at radius 2 is 1.83 bits per heavy atom. The third kappa shape index (κ3) is 6.74. The maximum Gasteiger partial charge on any atom is 0.191 e. The molecule has 0 unspecified atom stereocenters. The summed E-state index contributed by atoms with van der Waals surface area (Å²) in [4.78, 5) is 7.38. The summed E-state index contributed by atoms with van der Waals surface area (Å²) in [7, 11) is 1.70. The third-order valence-corrected chi connectivity index (χ3v) is 5.48. The van der Waals surface area contributed by atoms with Crippen LogP contribution < -0.4 is 15.4 Å². The molecular formula is C23H35IN4O. The predicted octanol–water partition coefficient (Wildman–Crippen LogP) is 4.39. The van der Waals surface area contributed by atoms with E-state index in [0.717, 1.165) is 31.3 Å². The van der Waals surface area contributed by atoms with Gasteiger partial charge in [-0.2, -0.15) is 0 Å². The van der Waals surface area contributed by atoms with Crippen LogP contribution in [0.4, 0.5) is 0 Å². The van der Waals surface area contributed by atoms with Crippen LogP contribution >= 0.6 is 24.0 Å². The molecule has 3 rings (SSSR count). The molecule has 0 aromatic heterocycles. The highest BCUT2D eigenvalue weighted by Crippen LogP contribution is 2.22. The number of likely N-dealkylation sites (tertiary alicyclic amines) is 1. The van der Waals surface area contributed by atoms with Crippen molar-refractivity contribution in [1.82, 2.24) is 15.5 Å². The van der Waals surface area contributed by atoms with Gasteiger partial charge in [0.1, 0.15) is 5.75 Å². The average Bonchev–Trinajstić information content (AvgIpc) is 2.72. The molecule has 0 aliphatic carbocycles. The maximum atomic E-state index is 5.31. The first-order chi connectivity index (χ1) is 13.6. The van der Waals surface area contributed by atoms with Crippen LogP contribution in [0, 0.1) is 0 Å². The number of benzene rings is 2. The predicted molar refractivity (Wildman–Crippen MR) is 134 cm³/mol. The number of hydrogen-bond donors (Lipinski definition) is 2. The zero-order valence-corrected chi connectivity index (χ0v) is 20.4. The number of fused-ring (bicyclic) bond motifs is 1. The molecule has 1 fully saturated rings. The van der Waals surface area contributed by atoms with Gasteiger partial charge in [-0.05, 0) is 68.1 Å². The molecule has 29 heavy (non-hydrogen) atoms. The first-order valence-corrected chi connectivity index (χ1v) is 10.4.